The molecule has 0 bridgehead atoms. The lowest BCUT2D eigenvalue weighted by Crippen LogP contribution is -2.39. The minimum Gasteiger partial charge on any atom is -0.341 e. The summed E-state index contributed by atoms with van der Waals surface area (Å²) in [6.07, 6.45) is 0. The van der Waals surface area contributed by atoms with Crippen LogP contribution in [0.4, 0.5) is 0 Å². The highest BCUT2D eigenvalue weighted by molar-refractivity contribution is 9.10. The molecule has 1 aromatic carbocycles. The SMILES string of the molecule is CN(CC(C)(C)CN)C(=O)c1cc(Br)ccc1Cl.Cl. The van der Waals surface area contributed by atoms with E-state index >= 15 is 0 Å². The van der Waals surface area contributed by atoms with Crippen LogP contribution in [-0.4, -0.2) is 30.9 Å². The Labute approximate surface area is 134 Å². The Morgan fingerprint density at radius 3 is 2.58 bits per heavy atom. The molecule has 0 spiro atoms. The molecular formula is C13H19BrCl2N2O. The maximum atomic E-state index is 12.3. The van der Waals surface area contributed by atoms with Crippen LogP contribution in [0.5, 0.6) is 0 Å². The van der Waals surface area contributed by atoms with E-state index in [1.54, 1.807) is 24.1 Å². The molecule has 0 radical (unpaired) electrons. The van der Waals surface area contributed by atoms with E-state index in [-0.39, 0.29) is 23.7 Å². The van der Waals surface area contributed by atoms with Crippen LogP contribution in [0.1, 0.15) is 24.2 Å². The molecule has 19 heavy (non-hydrogen) atoms. The van der Waals surface area contributed by atoms with Gasteiger partial charge in [-0.15, -0.1) is 12.4 Å². The van der Waals surface area contributed by atoms with Crippen molar-refractivity contribution in [2.24, 2.45) is 11.1 Å². The van der Waals surface area contributed by atoms with Gasteiger partial charge in [0.1, 0.15) is 0 Å². The number of hydrogen-bond donors (Lipinski definition) is 1. The van der Waals surface area contributed by atoms with E-state index in [9.17, 15) is 4.79 Å². The van der Waals surface area contributed by atoms with Crippen molar-refractivity contribution in [1.82, 2.24) is 4.90 Å². The number of amides is 1. The van der Waals surface area contributed by atoms with Crippen molar-refractivity contribution in [1.29, 1.82) is 0 Å². The third kappa shape index (κ3) is 5.30. The highest BCUT2D eigenvalue weighted by Gasteiger charge is 2.23. The first-order valence-electron chi connectivity index (χ1n) is 5.67. The molecule has 0 atom stereocenters. The topological polar surface area (TPSA) is 46.3 Å². The average molecular weight is 370 g/mol. The molecule has 0 aliphatic rings. The average Bonchev–Trinajstić information content (AvgIpc) is 2.31. The van der Waals surface area contributed by atoms with E-state index in [0.717, 1.165) is 4.47 Å². The van der Waals surface area contributed by atoms with Gasteiger partial charge < -0.3 is 10.6 Å². The quantitative estimate of drug-likeness (QED) is 0.881. The Morgan fingerprint density at radius 2 is 2.05 bits per heavy atom. The molecule has 0 heterocycles. The van der Waals surface area contributed by atoms with E-state index in [1.165, 1.54) is 0 Å². The Kier molecular flexibility index (Phi) is 7.37. The Hall–Kier alpha value is -0.290. The Balaban J connectivity index is 0.00000324. The Bertz CT molecular complexity index is 452. The fourth-order valence-corrected chi connectivity index (χ4v) is 2.20. The molecule has 0 unspecified atom stereocenters. The number of carbonyl (C=O) groups is 1. The van der Waals surface area contributed by atoms with Gasteiger partial charge in [-0.2, -0.15) is 0 Å². The molecule has 108 valence electrons. The summed E-state index contributed by atoms with van der Waals surface area (Å²) in [6, 6.07) is 5.25. The maximum Gasteiger partial charge on any atom is 0.255 e. The molecule has 0 saturated carbocycles. The van der Waals surface area contributed by atoms with Crippen LogP contribution in [0, 0.1) is 5.41 Å². The monoisotopic (exact) mass is 368 g/mol. The highest BCUT2D eigenvalue weighted by atomic mass is 79.9. The van der Waals surface area contributed by atoms with Gasteiger partial charge in [-0.1, -0.05) is 41.4 Å². The lowest BCUT2D eigenvalue weighted by molar-refractivity contribution is 0.0740. The number of nitrogens with two attached hydrogens (primary N) is 1. The summed E-state index contributed by atoms with van der Waals surface area (Å²) in [4.78, 5) is 13.9. The first-order valence-corrected chi connectivity index (χ1v) is 6.84. The van der Waals surface area contributed by atoms with Crippen LogP contribution in [0.25, 0.3) is 0 Å². The van der Waals surface area contributed by atoms with Gasteiger partial charge in [0.25, 0.3) is 5.91 Å². The van der Waals surface area contributed by atoms with Crippen molar-refractivity contribution >= 4 is 45.8 Å². The van der Waals surface area contributed by atoms with Gasteiger partial charge in [0.15, 0.2) is 0 Å². The summed E-state index contributed by atoms with van der Waals surface area (Å²) < 4.78 is 0.835. The molecular weight excluding hydrogens is 351 g/mol. The zero-order chi connectivity index (χ0) is 13.9. The first-order chi connectivity index (χ1) is 8.26. The number of halogens is 3. The van der Waals surface area contributed by atoms with Crippen LogP contribution >= 0.6 is 39.9 Å². The molecule has 1 aromatic rings. The predicted molar refractivity (Wildman–Crippen MR) is 86.2 cm³/mol. The van der Waals surface area contributed by atoms with Crippen molar-refractivity contribution < 1.29 is 4.79 Å². The summed E-state index contributed by atoms with van der Waals surface area (Å²) in [5, 5.41) is 0.459. The van der Waals surface area contributed by atoms with E-state index < -0.39 is 0 Å². The van der Waals surface area contributed by atoms with Gasteiger partial charge in [-0.05, 0) is 30.2 Å². The number of benzene rings is 1. The third-order valence-corrected chi connectivity index (χ3v) is 3.55. The summed E-state index contributed by atoms with van der Waals surface area (Å²) in [5.41, 5.74) is 6.07. The molecule has 0 aliphatic carbocycles. The molecule has 0 aromatic heterocycles. The van der Waals surface area contributed by atoms with Gasteiger partial charge in [-0.3, -0.25) is 4.79 Å². The van der Waals surface area contributed by atoms with E-state index in [0.29, 0.717) is 23.7 Å². The second-order valence-electron chi connectivity index (χ2n) is 5.15. The molecule has 1 amide bonds. The summed E-state index contributed by atoms with van der Waals surface area (Å²) in [5.74, 6) is -0.0946. The van der Waals surface area contributed by atoms with Gasteiger partial charge in [0, 0.05) is 18.1 Å². The summed E-state index contributed by atoms with van der Waals surface area (Å²) >= 11 is 9.39. The Morgan fingerprint density at radius 1 is 1.47 bits per heavy atom. The van der Waals surface area contributed by atoms with Gasteiger partial charge in [0.2, 0.25) is 0 Å². The van der Waals surface area contributed by atoms with Gasteiger partial charge in [-0.25, -0.2) is 0 Å². The third-order valence-electron chi connectivity index (χ3n) is 2.72. The minimum absolute atomic E-state index is 0. The molecule has 2 N–H and O–H groups in total. The van der Waals surface area contributed by atoms with E-state index in [4.69, 9.17) is 17.3 Å². The second-order valence-corrected chi connectivity index (χ2v) is 6.48. The zero-order valence-corrected chi connectivity index (χ0v) is 14.4. The van der Waals surface area contributed by atoms with Crippen molar-refractivity contribution in [3.8, 4) is 0 Å². The smallest absolute Gasteiger partial charge is 0.255 e. The molecule has 0 aliphatic heterocycles. The van der Waals surface area contributed by atoms with Crippen LogP contribution in [0.3, 0.4) is 0 Å². The lowest BCUT2D eigenvalue weighted by atomic mass is 9.93. The standard InChI is InChI=1S/C13H18BrClN2O.ClH/c1-13(2,7-16)8-17(3)12(18)10-6-9(14)4-5-11(10)15;/h4-6H,7-8,16H2,1-3H3;1H. The van der Waals surface area contributed by atoms with Crippen LogP contribution in [0.15, 0.2) is 22.7 Å². The maximum absolute atomic E-state index is 12.3. The number of hydrogen-bond acceptors (Lipinski definition) is 2. The fraction of sp³-hybridized carbons (Fsp3) is 0.462. The number of carbonyl (C=O) groups excluding carboxylic acids is 1. The molecule has 3 nitrogen and oxygen atoms in total. The fourth-order valence-electron chi connectivity index (χ4n) is 1.65. The van der Waals surface area contributed by atoms with Crippen molar-refractivity contribution in [3.63, 3.8) is 0 Å². The molecule has 0 fully saturated rings. The molecule has 0 saturated heterocycles. The zero-order valence-electron chi connectivity index (χ0n) is 11.2. The van der Waals surface area contributed by atoms with E-state index in [2.05, 4.69) is 15.9 Å². The molecule has 1 rings (SSSR count). The van der Waals surface area contributed by atoms with Gasteiger partial charge >= 0.3 is 0 Å². The largest absolute Gasteiger partial charge is 0.341 e. The summed E-state index contributed by atoms with van der Waals surface area (Å²) in [7, 11) is 1.76. The molecule has 6 heteroatoms. The second kappa shape index (κ2) is 7.48. The van der Waals surface area contributed by atoms with Crippen molar-refractivity contribution in [3.05, 3.63) is 33.3 Å². The minimum atomic E-state index is -0.108. The normalized spacial score (nSPS) is 10.8. The van der Waals surface area contributed by atoms with Crippen molar-refractivity contribution in [2.45, 2.75) is 13.8 Å². The number of nitrogens with zero attached hydrogens (tertiary/aromatic N) is 1. The van der Waals surface area contributed by atoms with Crippen molar-refractivity contribution in [2.75, 3.05) is 20.1 Å². The summed E-state index contributed by atoms with van der Waals surface area (Å²) in [6.45, 7) is 5.17. The predicted octanol–water partition coefficient (Wildman–Crippen LogP) is 3.58. The van der Waals surface area contributed by atoms with E-state index in [1.807, 2.05) is 19.9 Å². The van der Waals surface area contributed by atoms with Crippen LogP contribution < -0.4 is 5.73 Å². The lowest BCUT2D eigenvalue weighted by Gasteiger charge is -2.29. The first kappa shape index (κ1) is 18.7. The highest BCUT2D eigenvalue weighted by Crippen LogP contribution is 2.23. The van der Waals surface area contributed by atoms with Gasteiger partial charge in [0.05, 0.1) is 10.6 Å². The van der Waals surface area contributed by atoms with Crippen LogP contribution in [0.2, 0.25) is 5.02 Å². The number of rotatable bonds is 4. The van der Waals surface area contributed by atoms with Crippen LogP contribution in [-0.2, 0) is 0 Å².